The topological polar surface area (TPSA) is 40.5 Å². The second-order valence-electron chi connectivity index (χ2n) is 3.99. The number of thiol groups is 1. The predicted octanol–water partition coefficient (Wildman–Crippen LogP) is 2.01. The van der Waals surface area contributed by atoms with E-state index in [0.717, 1.165) is 19.4 Å². The normalized spacial score (nSPS) is 24.3. The molecule has 1 saturated heterocycles. The second kappa shape index (κ2) is 5.45. The largest absolute Gasteiger partial charge is 0.510 e. The van der Waals surface area contributed by atoms with Crippen LogP contribution < -0.4 is 0 Å². The maximum Gasteiger partial charge on any atom is 0.226 e. The van der Waals surface area contributed by atoms with Crippen LogP contribution in [0.25, 0.3) is 0 Å². The maximum atomic E-state index is 11.9. The Morgan fingerprint density at radius 3 is 2.93 bits per heavy atom. The van der Waals surface area contributed by atoms with Crippen molar-refractivity contribution in [2.24, 2.45) is 5.92 Å². The minimum absolute atomic E-state index is 0.0708. The van der Waals surface area contributed by atoms with Crippen LogP contribution in [0.2, 0.25) is 0 Å². The fraction of sp³-hybridized carbons (Fsp3) is 0.727. The monoisotopic (exact) mass is 229 g/mol. The smallest absolute Gasteiger partial charge is 0.226 e. The molecule has 1 rings (SSSR count). The average molecular weight is 229 g/mol. The zero-order valence-electron chi connectivity index (χ0n) is 9.31. The molecule has 4 heteroatoms. The molecule has 1 N–H and O–H groups in total. The van der Waals surface area contributed by atoms with E-state index < -0.39 is 0 Å². The van der Waals surface area contributed by atoms with Crippen molar-refractivity contribution < 1.29 is 9.90 Å². The Bertz CT molecular complexity index is 265. The van der Waals surface area contributed by atoms with E-state index in [-0.39, 0.29) is 17.9 Å². The lowest BCUT2D eigenvalue weighted by molar-refractivity contribution is -0.134. The van der Waals surface area contributed by atoms with Gasteiger partial charge in [0.25, 0.3) is 0 Å². The molecule has 1 amide bonds. The van der Waals surface area contributed by atoms with Gasteiger partial charge in [-0.05, 0) is 25.8 Å². The number of amides is 1. The standard InChI is InChI=1S/C11H19NO2S/c1-3-10(13)9-5-4-6-12(9)11(14)8(2)7-15/h3,8-9,13,15H,4-7H2,1-2H3/b10-3+/t8-,9+/m0/s1. The first-order chi connectivity index (χ1) is 7.11. The Hall–Kier alpha value is -0.640. The van der Waals surface area contributed by atoms with E-state index in [1.807, 2.05) is 6.92 Å². The first kappa shape index (κ1) is 12.4. The molecule has 2 atom stereocenters. The minimum Gasteiger partial charge on any atom is -0.510 e. The molecule has 86 valence electrons. The number of carbonyl (C=O) groups excluding carboxylic acids is 1. The number of aliphatic hydroxyl groups excluding tert-OH is 1. The highest BCUT2D eigenvalue weighted by atomic mass is 32.1. The summed E-state index contributed by atoms with van der Waals surface area (Å²) < 4.78 is 0. The third-order valence-corrected chi connectivity index (χ3v) is 3.42. The zero-order chi connectivity index (χ0) is 11.4. The van der Waals surface area contributed by atoms with Crippen LogP contribution in [0.15, 0.2) is 11.8 Å². The van der Waals surface area contributed by atoms with Crippen LogP contribution in [0.5, 0.6) is 0 Å². The molecule has 15 heavy (non-hydrogen) atoms. The minimum atomic E-state index is -0.107. The highest BCUT2D eigenvalue weighted by molar-refractivity contribution is 7.80. The SMILES string of the molecule is C/C=C(/O)[C@H]1CCCN1C(=O)[C@@H](C)CS. The first-order valence-corrected chi connectivity index (χ1v) is 6.01. The molecule has 1 fully saturated rings. The summed E-state index contributed by atoms with van der Waals surface area (Å²) in [6.07, 6.45) is 3.50. The molecule has 1 heterocycles. The molecule has 0 aromatic heterocycles. The van der Waals surface area contributed by atoms with Crippen LogP contribution in [0, 0.1) is 5.92 Å². The molecular formula is C11H19NO2S. The molecule has 0 aliphatic carbocycles. The van der Waals surface area contributed by atoms with E-state index in [1.54, 1.807) is 17.9 Å². The molecule has 0 spiro atoms. The zero-order valence-corrected chi connectivity index (χ0v) is 10.2. The van der Waals surface area contributed by atoms with Crippen molar-refractivity contribution in [2.45, 2.75) is 32.7 Å². The van der Waals surface area contributed by atoms with Crippen LogP contribution in [-0.4, -0.2) is 34.3 Å². The number of likely N-dealkylation sites (tertiary alicyclic amines) is 1. The van der Waals surface area contributed by atoms with E-state index in [9.17, 15) is 9.90 Å². The number of aliphatic hydroxyl groups is 1. The van der Waals surface area contributed by atoms with Gasteiger partial charge >= 0.3 is 0 Å². The van der Waals surface area contributed by atoms with Gasteiger partial charge < -0.3 is 10.0 Å². The highest BCUT2D eigenvalue weighted by Gasteiger charge is 2.32. The summed E-state index contributed by atoms with van der Waals surface area (Å²) in [5, 5.41) is 9.68. The summed E-state index contributed by atoms with van der Waals surface area (Å²) in [6, 6.07) is -0.107. The van der Waals surface area contributed by atoms with Crippen LogP contribution in [0.4, 0.5) is 0 Å². The van der Waals surface area contributed by atoms with Gasteiger partial charge in [0.15, 0.2) is 0 Å². The Morgan fingerprint density at radius 2 is 2.40 bits per heavy atom. The molecule has 1 aliphatic rings. The molecule has 0 bridgehead atoms. The molecular weight excluding hydrogens is 210 g/mol. The van der Waals surface area contributed by atoms with Crippen LogP contribution >= 0.6 is 12.6 Å². The third kappa shape index (κ3) is 2.68. The van der Waals surface area contributed by atoms with Crippen molar-refractivity contribution in [1.82, 2.24) is 4.90 Å². The van der Waals surface area contributed by atoms with Gasteiger partial charge in [-0.1, -0.05) is 6.92 Å². The van der Waals surface area contributed by atoms with Gasteiger partial charge in [-0.15, -0.1) is 0 Å². The van der Waals surface area contributed by atoms with Gasteiger partial charge in [0.05, 0.1) is 6.04 Å². The predicted molar refractivity (Wildman–Crippen MR) is 64.1 cm³/mol. The number of rotatable bonds is 3. The summed E-state index contributed by atoms with van der Waals surface area (Å²) in [5.74, 6) is 0.894. The Labute approximate surface area is 96.6 Å². The lowest BCUT2D eigenvalue weighted by Gasteiger charge is -2.26. The maximum absolute atomic E-state index is 11.9. The van der Waals surface area contributed by atoms with E-state index >= 15 is 0 Å². The van der Waals surface area contributed by atoms with Crippen LogP contribution in [0.3, 0.4) is 0 Å². The molecule has 0 aromatic carbocycles. The second-order valence-corrected chi connectivity index (χ2v) is 4.35. The molecule has 0 aromatic rings. The van der Waals surface area contributed by atoms with E-state index in [0.29, 0.717) is 11.5 Å². The summed E-state index contributed by atoms with van der Waals surface area (Å²) in [6.45, 7) is 4.41. The number of carbonyl (C=O) groups is 1. The molecule has 0 saturated carbocycles. The van der Waals surface area contributed by atoms with Crippen LogP contribution in [0.1, 0.15) is 26.7 Å². The number of nitrogens with zero attached hydrogens (tertiary/aromatic N) is 1. The lowest BCUT2D eigenvalue weighted by Crippen LogP contribution is -2.40. The third-order valence-electron chi connectivity index (χ3n) is 2.87. The fourth-order valence-corrected chi connectivity index (χ4v) is 2.05. The Balaban J connectivity index is 2.72. The lowest BCUT2D eigenvalue weighted by atomic mass is 10.1. The van der Waals surface area contributed by atoms with Gasteiger partial charge in [-0.25, -0.2) is 0 Å². The highest BCUT2D eigenvalue weighted by Crippen LogP contribution is 2.24. The first-order valence-electron chi connectivity index (χ1n) is 5.38. The van der Waals surface area contributed by atoms with Crippen molar-refractivity contribution in [1.29, 1.82) is 0 Å². The fourth-order valence-electron chi connectivity index (χ4n) is 1.89. The Kier molecular flexibility index (Phi) is 4.51. The van der Waals surface area contributed by atoms with Crippen molar-refractivity contribution in [3.8, 4) is 0 Å². The number of hydrogen-bond acceptors (Lipinski definition) is 3. The summed E-state index contributed by atoms with van der Waals surface area (Å²) >= 11 is 4.13. The van der Waals surface area contributed by atoms with Gasteiger partial charge in [0.2, 0.25) is 5.91 Å². The summed E-state index contributed by atoms with van der Waals surface area (Å²) in [5.41, 5.74) is 0. The quantitative estimate of drug-likeness (QED) is 0.574. The van der Waals surface area contributed by atoms with E-state index in [4.69, 9.17) is 0 Å². The Morgan fingerprint density at radius 1 is 1.73 bits per heavy atom. The van der Waals surface area contributed by atoms with Gasteiger partial charge in [0, 0.05) is 18.2 Å². The van der Waals surface area contributed by atoms with Crippen molar-refractivity contribution in [2.75, 3.05) is 12.3 Å². The number of hydrogen-bond donors (Lipinski definition) is 2. The van der Waals surface area contributed by atoms with E-state index in [1.165, 1.54) is 0 Å². The molecule has 0 unspecified atom stereocenters. The molecule has 0 radical (unpaired) electrons. The molecule has 1 aliphatic heterocycles. The summed E-state index contributed by atoms with van der Waals surface area (Å²) in [7, 11) is 0. The van der Waals surface area contributed by atoms with Gasteiger partial charge in [-0.2, -0.15) is 12.6 Å². The average Bonchev–Trinajstić information content (AvgIpc) is 2.74. The van der Waals surface area contributed by atoms with Crippen molar-refractivity contribution in [3.05, 3.63) is 11.8 Å². The van der Waals surface area contributed by atoms with E-state index in [2.05, 4.69) is 12.6 Å². The van der Waals surface area contributed by atoms with Crippen molar-refractivity contribution >= 4 is 18.5 Å². The van der Waals surface area contributed by atoms with Crippen molar-refractivity contribution in [3.63, 3.8) is 0 Å². The molecule has 3 nitrogen and oxygen atoms in total. The van der Waals surface area contributed by atoms with Crippen LogP contribution in [-0.2, 0) is 4.79 Å². The number of allylic oxidation sites excluding steroid dienone is 1. The van der Waals surface area contributed by atoms with Gasteiger partial charge in [0.1, 0.15) is 5.76 Å². The van der Waals surface area contributed by atoms with Gasteiger partial charge in [-0.3, -0.25) is 4.79 Å². The summed E-state index contributed by atoms with van der Waals surface area (Å²) in [4.78, 5) is 13.7.